The lowest BCUT2D eigenvalue weighted by Gasteiger charge is -2.40. The van der Waals surface area contributed by atoms with Gasteiger partial charge in [0.05, 0.1) is 34.2 Å². The van der Waals surface area contributed by atoms with E-state index in [0.717, 1.165) is 81.2 Å². The Morgan fingerprint density at radius 3 is 2.61 bits per heavy atom. The fourth-order valence-electron chi connectivity index (χ4n) is 5.10. The first kappa shape index (κ1) is 22.5. The van der Waals surface area contributed by atoms with Gasteiger partial charge in [0, 0.05) is 44.8 Å². The van der Waals surface area contributed by atoms with Crippen LogP contribution in [0.15, 0.2) is 42.5 Å². The molecule has 8 heteroatoms. The van der Waals surface area contributed by atoms with Crippen molar-refractivity contribution in [3.63, 3.8) is 0 Å². The van der Waals surface area contributed by atoms with Gasteiger partial charge in [-0.25, -0.2) is 4.98 Å². The number of piperidine rings is 1. The SMILES string of the molecule is Cn1c(CN2CCC[C@H](C(=O)N3CCN(c4ccc(Cl)cc4Cl)CC3)C2)nc2ccccc21. The monoisotopic (exact) mass is 485 g/mol. The van der Waals surface area contributed by atoms with Crippen LogP contribution in [0.3, 0.4) is 0 Å². The molecule has 0 aliphatic carbocycles. The van der Waals surface area contributed by atoms with Gasteiger partial charge >= 0.3 is 0 Å². The standard InChI is InChI=1S/C25H29Cl2N5O/c1-29-23-7-3-2-6-21(23)28-24(29)17-30-10-4-5-18(16-30)25(33)32-13-11-31(12-14-32)22-9-8-19(26)15-20(22)27/h2-3,6-9,15,18H,4-5,10-14,16-17H2,1H3/t18-/m0/s1. The highest BCUT2D eigenvalue weighted by Crippen LogP contribution is 2.30. The third-order valence-corrected chi connectivity index (χ3v) is 7.48. The van der Waals surface area contributed by atoms with Crippen molar-refractivity contribution in [2.45, 2.75) is 19.4 Å². The van der Waals surface area contributed by atoms with E-state index in [1.807, 2.05) is 29.2 Å². The summed E-state index contributed by atoms with van der Waals surface area (Å²) >= 11 is 12.4. The molecule has 0 radical (unpaired) electrons. The normalized spacial score (nSPS) is 19.9. The number of para-hydroxylation sites is 2. The van der Waals surface area contributed by atoms with Crippen LogP contribution in [0.4, 0.5) is 5.69 Å². The number of fused-ring (bicyclic) bond motifs is 1. The van der Waals surface area contributed by atoms with Crippen LogP contribution >= 0.6 is 23.2 Å². The number of carbonyl (C=O) groups is 1. The Morgan fingerprint density at radius 1 is 1.06 bits per heavy atom. The number of carbonyl (C=O) groups excluding carboxylic acids is 1. The second kappa shape index (κ2) is 9.53. The molecule has 0 unspecified atom stereocenters. The number of halogens is 2. The minimum atomic E-state index is 0.0547. The Morgan fingerprint density at radius 2 is 1.85 bits per heavy atom. The van der Waals surface area contributed by atoms with E-state index in [0.29, 0.717) is 10.0 Å². The molecule has 2 saturated heterocycles. The molecule has 174 valence electrons. The van der Waals surface area contributed by atoms with Gasteiger partial charge in [-0.2, -0.15) is 0 Å². The van der Waals surface area contributed by atoms with E-state index in [4.69, 9.17) is 28.2 Å². The minimum absolute atomic E-state index is 0.0547. The zero-order valence-corrected chi connectivity index (χ0v) is 20.4. The number of rotatable bonds is 4. The summed E-state index contributed by atoms with van der Waals surface area (Å²) in [5, 5.41) is 1.30. The van der Waals surface area contributed by atoms with Gasteiger partial charge in [-0.15, -0.1) is 0 Å². The fraction of sp³-hybridized carbons (Fsp3) is 0.440. The number of aryl methyl sites for hydroxylation is 1. The fourth-order valence-corrected chi connectivity index (χ4v) is 5.63. The quantitative estimate of drug-likeness (QED) is 0.547. The van der Waals surface area contributed by atoms with Crippen LogP contribution in [0.25, 0.3) is 11.0 Å². The second-order valence-corrected chi connectivity index (χ2v) is 9.90. The van der Waals surface area contributed by atoms with Crippen LogP contribution in [-0.4, -0.2) is 64.5 Å². The minimum Gasteiger partial charge on any atom is -0.367 e. The summed E-state index contributed by atoms with van der Waals surface area (Å²) < 4.78 is 2.17. The van der Waals surface area contributed by atoms with E-state index in [9.17, 15) is 4.79 Å². The Labute approximate surface area is 204 Å². The number of likely N-dealkylation sites (tertiary alicyclic amines) is 1. The molecule has 1 atom stereocenters. The molecular weight excluding hydrogens is 457 g/mol. The summed E-state index contributed by atoms with van der Waals surface area (Å²) in [6, 6.07) is 13.8. The molecule has 0 bridgehead atoms. The maximum absolute atomic E-state index is 13.3. The van der Waals surface area contributed by atoms with Gasteiger partial charge in [-0.05, 0) is 49.7 Å². The van der Waals surface area contributed by atoms with Crippen molar-refractivity contribution in [3.05, 3.63) is 58.3 Å². The lowest BCUT2D eigenvalue weighted by Crippen LogP contribution is -2.52. The maximum atomic E-state index is 13.3. The molecule has 2 fully saturated rings. The molecule has 33 heavy (non-hydrogen) atoms. The first-order valence-electron chi connectivity index (χ1n) is 11.6. The van der Waals surface area contributed by atoms with Crippen molar-refractivity contribution in [1.82, 2.24) is 19.4 Å². The number of amides is 1. The molecule has 5 rings (SSSR count). The van der Waals surface area contributed by atoms with E-state index in [-0.39, 0.29) is 11.8 Å². The first-order valence-corrected chi connectivity index (χ1v) is 12.4. The van der Waals surface area contributed by atoms with Gasteiger partial charge in [-0.1, -0.05) is 35.3 Å². The van der Waals surface area contributed by atoms with E-state index in [1.165, 1.54) is 0 Å². The molecule has 2 aliphatic rings. The summed E-state index contributed by atoms with van der Waals surface area (Å²) in [5.74, 6) is 1.39. The average molecular weight is 486 g/mol. The molecule has 2 aliphatic heterocycles. The predicted octanol–water partition coefficient (Wildman–Crippen LogP) is 4.44. The molecule has 0 N–H and O–H groups in total. The van der Waals surface area contributed by atoms with Crippen LogP contribution in [-0.2, 0) is 18.4 Å². The van der Waals surface area contributed by atoms with Gasteiger partial charge in [0.1, 0.15) is 5.82 Å². The molecule has 0 saturated carbocycles. The van der Waals surface area contributed by atoms with Crippen molar-refractivity contribution in [3.8, 4) is 0 Å². The highest BCUT2D eigenvalue weighted by molar-refractivity contribution is 6.36. The molecule has 1 amide bonds. The third-order valence-electron chi connectivity index (χ3n) is 6.94. The van der Waals surface area contributed by atoms with Crippen molar-refractivity contribution in [1.29, 1.82) is 0 Å². The molecule has 2 aromatic carbocycles. The molecule has 0 spiro atoms. The third kappa shape index (κ3) is 4.70. The maximum Gasteiger partial charge on any atom is 0.227 e. The first-order chi connectivity index (χ1) is 16.0. The Balaban J connectivity index is 1.19. The Hall–Kier alpha value is -2.28. The number of imidazole rings is 1. The Bertz CT molecular complexity index is 1150. The zero-order valence-electron chi connectivity index (χ0n) is 18.9. The van der Waals surface area contributed by atoms with Gasteiger partial charge in [-0.3, -0.25) is 9.69 Å². The van der Waals surface area contributed by atoms with Crippen molar-refractivity contribution >= 4 is 45.8 Å². The van der Waals surface area contributed by atoms with Crippen LogP contribution in [0.5, 0.6) is 0 Å². The lowest BCUT2D eigenvalue weighted by molar-refractivity contribution is -0.137. The van der Waals surface area contributed by atoms with Crippen molar-refractivity contribution < 1.29 is 4.79 Å². The Kier molecular flexibility index (Phi) is 6.50. The van der Waals surface area contributed by atoms with E-state index < -0.39 is 0 Å². The van der Waals surface area contributed by atoms with Crippen LogP contribution in [0, 0.1) is 5.92 Å². The van der Waals surface area contributed by atoms with Crippen LogP contribution < -0.4 is 4.90 Å². The van der Waals surface area contributed by atoms with Crippen LogP contribution in [0.2, 0.25) is 10.0 Å². The highest BCUT2D eigenvalue weighted by atomic mass is 35.5. The van der Waals surface area contributed by atoms with E-state index in [2.05, 4.69) is 33.5 Å². The largest absolute Gasteiger partial charge is 0.367 e. The van der Waals surface area contributed by atoms with Crippen LogP contribution in [0.1, 0.15) is 18.7 Å². The average Bonchev–Trinajstić information content (AvgIpc) is 3.14. The number of hydrogen-bond donors (Lipinski definition) is 0. The van der Waals surface area contributed by atoms with Crippen molar-refractivity contribution in [2.24, 2.45) is 13.0 Å². The summed E-state index contributed by atoms with van der Waals surface area (Å²) in [6.07, 6.45) is 2.00. The van der Waals surface area contributed by atoms with Gasteiger partial charge < -0.3 is 14.4 Å². The van der Waals surface area contributed by atoms with Crippen molar-refractivity contribution in [2.75, 3.05) is 44.2 Å². The summed E-state index contributed by atoms with van der Waals surface area (Å²) in [7, 11) is 2.07. The molecule has 1 aromatic heterocycles. The molecule has 3 aromatic rings. The number of nitrogens with zero attached hydrogens (tertiary/aromatic N) is 5. The van der Waals surface area contributed by atoms with E-state index >= 15 is 0 Å². The number of hydrogen-bond acceptors (Lipinski definition) is 4. The number of benzene rings is 2. The second-order valence-electron chi connectivity index (χ2n) is 9.06. The molecule has 3 heterocycles. The lowest BCUT2D eigenvalue weighted by atomic mass is 9.96. The summed E-state index contributed by atoms with van der Waals surface area (Å²) in [5.41, 5.74) is 3.16. The number of aromatic nitrogens is 2. The van der Waals surface area contributed by atoms with Gasteiger partial charge in [0.2, 0.25) is 5.91 Å². The summed E-state index contributed by atoms with van der Waals surface area (Å²) in [6.45, 7) is 5.59. The molecular formula is C25H29Cl2N5O. The number of anilines is 1. The zero-order chi connectivity index (χ0) is 22.9. The number of piperazine rings is 1. The smallest absolute Gasteiger partial charge is 0.227 e. The topological polar surface area (TPSA) is 44.6 Å². The highest BCUT2D eigenvalue weighted by Gasteiger charge is 2.31. The summed E-state index contributed by atoms with van der Waals surface area (Å²) in [4.78, 5) is 24.8. The molecule has 6 nitrogen and oxygen atoms in total. The predicted molar refractivity (Wildman–Crippen MR) is 134 cm³/mol. The van der Waals surface area contributed by atoms with E-state index in [1.54, 1.807) is 6.07 Å². The van der Waals surface area contributed by atoms with Gasteiger partial charge in [0.15, 0.2) is 0 Å². The van der Waals surface area contributed by atoms with Gasteiger partial charge in [0.25, 0.3) is 0 Å².